The van der Waals surface area contributed by atoms with Crippen LogP contribution >= 0.6 is 11.6 Å². The maximum Gasteiger partial charge on any atom is 0.152 e. The van der Waals surface area contributed by atoms with Crippen LogP contribution in [0.5, 0.6) is 0 Å². The topological polar surface area (TPSA) is 56.7 Å². The van der Waals surface area contributed by atoms with Gasteiger partial charge in [0, 0.05) is 29.4 Å². The molecule has 2 N–H and O–H groups in total. The normalized spacial score (nSPS) is 11.5. The summed E-state index contributed by atoms with van der Waals surface area (Å²) in [7, 11) is 0. The highest BCUT2D eigenvalue weighted by atomic mass is 35.5. The van der Waals surface area contributed by atoms with Crippen LogP contribution in [0.1, 0.15) is 31.7 Å². The first kappa shape index (κ1) is 15.1. The van der Waals surface area contributed by atoms with Crippen LogP contribution < -0.4 is 5.73 Å². The maximum atomic E-state index is 6.10. The van der Waals surface area contributed by atoms with E-state index < -0.39 is 0 Å². The van der Waals surface area contributed by atoms with Crippen LogP contribution in [0.25, 0.3) is 21.8 Å². The number of aromatic nitrogens is 3. The van der Waals surface area contributed by atoms with E-state index in [0.717, 1.165) is 48.6 Å². The number of fused-ring (bicyclic) bond motifs is 3. The number of benzene rings is 1. The van der Waals surface area contributed by atoms with Crippen molar-refractivity contribution < 1.29 is 0 Å². The van der Waals surface area contributed by atoms with Gasteiger partial charge in [0.25, 0.3) is 0 Å². The Morgan fingerprint density at radius 1 is 1.27 bits per heavy atom. The number of halogens is 1. The van der Waals surface area contributed by atoms with Crippen LogP contribution in [-0.2, 0) is 13.0 Å². The van der Waals surface area contributed by atoms with Crippen molar-refractivity contribution in [2.45, 2.75) is 39.2 Å². The van der Waals surface area contributed by atoms with Gasteiger partial charge in [0.15, 0.2) is 5.82 Å². The molecule has 3 aromatic rings. The molecule has 2 aromatic heterocycles. The Bertz CT molecular complexity index is 794. The minimum absolute atomic E-state index is 0.510. The van der Waals surface area contributed by atoms with Gasteiger partial charge in [0.1, 0.15) is 5.52 Å². The molecule has 0 amide bonds. The number of unbranched alkanes of at least 4 members (excludes halogenated alkanes) is 1. The minimum atomic E-state index is 0.510. The maximum absolute atomic E-state index is 6.10. The molecule has 1 aromatic carbocycles. The minimum Gasteiger partial charge on any atom is -0.382 e. The summed E-state index contributed by atoms with van der Waals surface area (Å²) < 4.78 is 1.97. The third kappa shape index (κ3) is 2.75. The number of aryl methyl sites for hydroxylation is 2. The number of rotatable bonds is 6. The first-order chi connectivity index (χ1) is 10.7. The summed E-state index contributed by atoms with van der Waals surface area (Å²) in [5, 5.41) is 6.89. The van der Waals surface area contributed by atoms with Crippen LogP contribution in [0.4, 0.5) is 5.82 Å². The van der Waals surface area contributed by atoms with Gasteiger partial charge in [-0.1, -0.05) is 19.1 Å². The number of alkyl halides is 1. The SMILES string of the molecule is CCCn1cc2c(n1)c(N)nc1cccc(CCCCCl)c12. The number of nitrogens with zero attached hydrogens (tertiary/aromatic N) is 3. The van der Waals surface area contributed by atoms with Crippen molar-refractivity contribution in [3.8, 4) is 0 Å². The molecule has 0 fully saturated rings. The zero-order chi connectivity index (χ0) is 15.5. The fraction of sp³-hybridized carbons (Fsp3) is 0.412. The quantitative estimate of drug-likeness (QED) is 0.549. The van der Waals surface area contributed by atoms with Gasteiger partial charge in [0.05, 0.1) is 5.52 Å². The van der Waals surface area contributed by atoms with E-state index in [4.69, 9.17) is 17.3 Å². The summed E-state index contributed by atoms with van der Waals surface area (Å²) in [5.41, 5.74) is 9.16. The number of anilines is 1. The van der Waals surface area contributed by atoms with E-state index in [2.05, 4.69) is 29.3 Å². The Labute approximate surface area is 135 Å². The number of nitrogens with two attached hydrogens (primary N) is 1. The number of hydrogen-bond donors (Lipinski definition) is 1. The third-order valence-corrected chi connectivity index (χ3v) is 4.19. The zero-order valence-corrected chi connectivity index (χ0v) is 13.6. The lowest BCUT2D eigenvalue weighted by atomic mass is 10.0. The number of pyridine rings is 1. The van der Waals surface area contributed by atoms with Gasteiger partial charge in [-0.3, -0.25) is 4.68 Å². The molecule has 4 nitrogen and oxygen atoms in total. The van der Waals surface area contributed by atoms with Gasteiger partial charge < -0.3 is 5.73 Å². The first-order valence-electron chi connectivity index (χ1n) is 7.84. The second kappa shape index (κ2) is 6.53. The third-order valence-electron chi connectivity index (χ3n) is 3.93. The molecule has 0 aliphatic heterocycles. The van der Waals surface area contributed by atoms with Crippen molar-refractivity contribution in [3.05, 3.63) is 30.0 Å². The van der Waals surface area contributed by atoms with E-state index in [1.807, 2.05) is 16.8 Å². The van der Waals surface area contributed by atoms with Crippen LogP contribution in [0, 0.1) is 0 Å². The molecule has 5 heteroatoms. The van der Waals surface area contributed by atoms with Crippen molar-refractivity contribution >= 4 is 39.2 Å². The van der Waals surface area contributed by atoms with E-state index in [0.29, 0.717) is 11.7 Å². The van der Waals surface area contributed by atoms with Crippen LogP contribution in [0.15, 0.2) is 24.4 Å². The highest BCUT2D eigenvalue weighted by Crippen LogP contribution is 2.30. The molecule has 0 aliphatic carbocycles. The van der Waals surface area contributed by atoms with Gasteiger partial charge in [-0.15, -0.1) is 11.6 Å². The largest absolute Gasteiger partial charge is 0.382 e. The van der Waals surface area contributed by atoms with Gasteiger partial charge in [-0.05, 0) is 37.3 Å². The van der Waals surface area contributed by atoms with E-state index in [1.165, 1.54) is 10.9 Å². The average molecular weight is 317 g/mol. The fourth-order valence-electron chi connectivity index (χ4n) is 2.93. The number of hydrogen-bond acceptors (Lipinski definition) is 3. The molecule has 2 heterocycles. The van der Waals surface area contributed by atoms with Crippen LogP contribution in [0.3, 0.4) is 0 Å². The molecule has 0 spiro atoms. The molecule has 0 saturated carbocycles. The molecular weight excluding hydrogens is 296 g/mol. The lowest BCUT2D eigenvalue weighted by Gasteiger charge is -2.07. The second-order valence-electron chi connectivity index (χ2n) is 5.61. The van der Waals surface area contributed by atoms with Gasteiger partial charge in [0.2, 0.25) is 0 Å². The molecule has 0 unspecified atom stereocenters. The Morgan fingerprint density at radius 3 is 2.91 bits per heavy atom. The Kier molecular flexibility index (Phi) is 4.48. The van der Waals surface area contributed by atoms with Crippen molar-refractivity contribution in [1.82, 2.24) is 14.8 Å². The molecule has 22 heavy (non-hydrogen) atoms. The summed E-state index contributed by atoms with van der Waals surface area (Å²) in [6.45, 7) is 3.04. The smallest absolute Gasteiger partial charge is 0.152 e. The van der Waals surface area contributed by atoms with Crippen LogP contribution in [0.2, 0.25) is 0 Å². The summed E-state index contributed by atoms with van der Waals surface area (Å²) in [4.78, 5) is 4.54. The lowest BCUT2D eigenvalue weighted by molar-refractivity contribution is 0.609. The Morgan fingerprint density at radius 2 is 2.14 bits per heavy atom. The Hall–Kier alpha value is -1.81. The highest BCUT2D eigenvalue weighted by molar-refractivity contribution is 6.17. The average Bonchev–Trinajstić information content (AvgIpc) is 2.92. The molecule has 116 valence electrons. The first-order valence-corrected chi connectivity index (χ1v) is 8.38. The molecule has 0 bridgehead atoms. The summed E-state index contributed by atoms with van der Waals surface area (Å²) >= 11 is 5.80. The van der Waals surface area contributed by atoms with Gasteiger partial charge in [-0.25, -0.2) is 4.98 Å². The lowest BCUT2D eigenvalue weighted by Crippen LogP contribution is -1.97. The molecule has 0 radical (unpaired) electrons. The van der Waals surface area contributed by atoms with E-state index >= 15 is 0 Å². The second-order valence-corrected chi connectivity index (χ2v) is 5.99. The Balaban J connectivity index is 2.18. The van der Waals surface area contributed by atoms with Gasteiger partial charge in [-0.2, -0.15) is 5.10 Å². The highest BCUT2D eigenvalue weighted by Gasteiger charge is 2.13. The van der Waals surface area contributed by atoms with Crippen molar-refractivity contribution in [2.24, 2.45) is 0 Å². The van der Waals surface area contributed by atoms with Crippen LogP contribution in [-0.4, -0.2) is 20.6 Å². The van der Waals surface area contributed by atoms with E-state index in [9.17, 15) is 0 Å². The zero-order valence-electron chi connectivity index (χ0n) is 12.8. The molecule has 0 aliphatic rings. The molecule has 0 atom stereocenters. The predicted octanol–water partition coefficient (Wildman–Crippen LogP) is 4.14. The predicted molar refractivity (Wildman–Crippen MR) is 93.4 cm³/mol. The van der Waals surface area contributed by atoms with Crippen molar-refractivity contribution in [1.29, 1.82) is 0 Å². The summed E-state index contributed by atoms with van der Waals surface area (Å²) in [6, 6.07) is 6.24. The molecule has 0 saturated heterocycles. The van der Waals surface area contributed by atoms with Crippen molar-refractivity contribution in [3.63, 3.8) is 0 Å². The van der Waals surface area contributed by atoms with Gasteiger partial charge >= 0.3 is 0 Å². The van der Waals surface area contributed by atoms with E-state index in [-0.39, 0.29) is 0 Å². The number of nitrogen functional groups attached to an aromatic ring is 1. The molecular formula is C17H21ClN4. The van der Waals surface area contributed by atoms with E-state index in [1.54, 1.807) is 0 Å². The standard InChI is InChI=1S/C17H21ClN4/c1-2-10-22-11-13-15-12(6-3-4-9-18)7-5-8-14(15)20-17(19)16(13)21-22/h5,7-8,11H,2-4,6,9-10H2,1H3,(H2,19,20). The monoisotopic (exact) mass is 316 g/mol. The fourth-order valence-corrected chi connectivity index (χ4v) is 3.12. The summed E-state index contributed by atoms with van der Waals surface area (Å²) in [6.07, 6.45) is 6.26. The summed E-state index contributed by atoms with van der Waals surface area (Å²) in [5.74, 6) is 1.22. The molecule has 3 rings (SSSR count). The van der Waals surface area contributed by atoms with Crippen molar-refractivity contribution in [2.75, 3.05) is 11.6 Å².